The monoisotopic (exact) mass is 393 g/mol. The molecule has 0 bridgehead atoms. The lowest BCUT2D eigenvalue weighted by atomic mass is 9.99. The van der Waals surface area contributed by atoms with Crippen LogP contribution >= 0.6 is 11.3 Å². The SMILES string of the molecule is CCC1CCc2cc(OCCc3nc(-c4ccc(OC)cc4)sc3C)ccc21. The van der Waals surface area contributed by atoms with Crippen molar-refractivity contribution < 1.29 is 9.47 Å². The normalized spacial score (nSPS) is 15.5. The van der Waals surface area contributed by atoms with Crippen molar-refractivity contribution in [3.8, 4) is 22.1 Å². The van der Waals surface area contributed by atoms with Crippen molar-refractivity contribution in [1.82, 2.24) is 4.98 Å². The van der Waals surface area contributed by atoms with Crippen LogP contribution < -0.4 is 9.47 Å². The number of rotatable bonds is 7. The predicted molar refractivity (Wildman–Crippen MR) is 116 cm³/mol. The molecule has 0 aliphatic heterocycles. The van der Waals surface area contributed by atoms with Crippen molar-refractivity contribution in [2.75, 3.05) is 13.7 Å². The molecule has 1 aliphatic carbocycles. The lowest BCUT2D eigenvalue weighted by Gasteiger charge is -2.10. The summed E-state index contributed by atoms with van der Waals surface area (Å²) in [5.74, 6) is 2.59. The number of hydrogen-bond acceptors (Lipinski definition) is 4. The summed E-state index contributed by atoms with van der Waals surface area (Å²) < 4.78 is 11.3. The van der Waals surface area contributed by atoms with Gasteiger partial charge in [0.1, 0.15) is 16.5 Å². The number of fused-ring (bicyclic) bond motifs is 1. The van der Waals surface area contributed by atoms with Gasteiger partial charge in [-0.2, -0.15) is 0 Å². The zero-order valence-corrected chi connectivity index (χ0v) is 17.6. The average Bonchev–Trinajstić information content (AvgIpc) is 3.31. The molecular weight excluding hydrogens is 366 g/mol. The highest BCUT2D eigenvalue weighted by atomic mass is 32.1. The molecule has 1 unspecified atom stereocenters. The largest absolute Gasteiger partial charge is 0.497 e. The molecule has 0 radical (unpaired) electrons. The standard InChI is InChI=1S/C24H27NO2S/c1-4-17-5-6-19-15-21(11-12-22(17)19)27-14-13-23-16(2)28-24(25-23)18-7-9-20(26-3)10-8-18/h7-12,15,17H,4-6,13-14H2,1-3H3. The molecule has 0 saturated carbocycles. The first-order chi connectivity index (χ1) is 13.7. The van der Waals surface area contributed by atoms with Gasteiger partial charge in [0, 0.05) is 16.9 Å². The fourth-order valence-corrected chi connectivity index (χ4v) is 4.94. The number of nitrogens with zero attached hydrogens (tertiary/aromatic N) is 1. The first kappa shape index (κ1) is 19.0. The van der Waals surface area contributed by atoms with Gasteiger partial charge in [0.2, 0.25) is 0 Å². The van der Waals surface area contributed by atoms with E-state index in [1.165, 1.54) is 35.3 Å². The Hall–Kier alpha value is -2.33. The van der Waals surface area contributed by atoms with Gasteiger partial charge < -0.3 is 9.47 Å². The molecule has 0 fully saturated rings. The van der Waals surface area contributed by atoms with Crippen LogP contribution in [0.5, 0.6) is 11.5 Å². The first-order valence-corrected chi connectivity index (χ1v) is 10.9. The van der Waals surface area contributed by atoms with Crippen molar-refractivity contribution in [3.05, 3.63) is 64.2 Å². The lowest BCUT2D eigenvalue weighted by molar-refractivity contribution is 0.320. The highest BCUT2D eigenvalue weighted by Gasteiger charge is 2.21. The van der Waals surface area contributed by atoms with Crippen LogP contribution in [0.2, 0.25) is 0 Å². The number of thiazole rings is 1. The van der Waals surface area contributed by atoms with Gasteiger partial charge in [-0.3, -0.25) is 0 Å². The molecule has 1 heterocycles. The number of ether oxygens (including phenoxy) is 2. The molecular formula is C24H27NO2S. The number of benzene rings is 2. The highest BCUT2D eigenvalue weighted by Crippen LogP contribution is 2.37. The third kappa shape index (κ3) is 3.93. The number of hydrogen-bond donors (Lipinski definition) is 0. The molecule has 0 amide bonds. The van der Waals surface area contributed by atoms with Gasteiger partial charge in [-0.05, 0) is 79.6 Å². The van der Waals surface area contributed by atoms with E-state index in [2.05, 4.69) is 44.2 Å². The van der Waals surface area contributed by atoms with Gasteiger partial charge in [-0.25, -0.2) is 4.98 Å². The van der Waals surface area contributed by atoms with E-state index in [0.29, 0.717) is 6.61 Å². The second kappa shape index (κ2) is 8.36. The van der Waals surface area contributed by atoms with E-state index < -0.39 is 0 Å². The topological polar surface area (TPSA) is 31.4 Å². The molecule has 4 rings (SSSR count). The second-order valence-corrected chi connectivity index (χ2v) is 8.56. The highest BCUT2D eigenvalue weighted by molar-refractivity contribution is 7.15. The molecule has 0 spiro atoms. The minimum absolute atomic E-state index is 0.655. The van der Waals surface area contributed by atoms with Crippen LogP contribution in [0.15, 0.2) is 42.5 Å². The van der Waals surface area contributed by atoms with Crippen LogP contribution in [-0.4, -0.2) is 18.7 Å². The van der Waals surface area contributed by atoms with Crippen LogP contribution in [-0.2, 0) is 12.8 Å². The molecule has 4 heteroatoms. The molecule has 3 aromatic rings. The van der Waals surface area contributed by atoms with Crippen LogP contribution in [0.4, 0.5) is 0 Å². The van der Waals surface area contributed by atoms with E-state index in [9.17, 15) is 0 Å². The van der Waals surface area contributed by atoms with Gasteiger partial charge in [-0.1, -0.05) is 13.0 Å². The molecule has 146 valence electrons. The summed E-state index contributed by atoms with van der Waals surface area (Å²) in [6.45, 7) is 5.07. The summed E-state index contributed by atoms with van der Waals surface area (Å²) in [6, 6.07) is 14.7. The fraction of sp³-hybridized carbons (Fsp3) is 0.375. The van der Waals surface area contributed by atoms with Crippen LogP contribution in [0.3, 0.4) is 0 Å². The van der Waals surface area contributed by atoms with Crippen molar-refractivity contribution in [2.24, 2.45) is 0 Å². The second-order valence-electron chi connectivity index (χ2n) is 7.35. The summed E-state index contributed by atoms with van der Waals surface area (Å²) in [4.78, 5) is 6.10. The third-order valence-electron chi connectivity index (χ3n) is 5.65. The van der Waals surface area contributed by atoms with Gasteiger partial charge in [0.05, 0.1) is 19.4 Å². The van der Waals surface area contributed by atoms with E-state index in [-0.39, 0.29) is 0 Å². The summed E-state index contributed by atoms with van der Waals surface area (Å²) in [6.07, 6.45) is 4.52. The molecule has 0 saturated heterocycles. The molecule has 1 aliphatic rings. The van der Waals surface area contributed by atoms with Crippen molar-refractivity contribution in [2.45, 2.75) is 45.4 Å². The Labute approximate surface area is 171 Å². The quantitative estimate of drug-likeness (QED) is 0.480. The summed E-state index contributed by atoms with van der Waals surface area (Å²) >= 11 is 1.74. The zero-order valence-electron chi connectivity index (χ0n) is 16.8. The van der Waals surface area contributed by atoms with Crippen LogP contribution in [0, 0.1) is 6.92 Å². The van der Waals surface area contributed by atoms with E-state index in [0.717, 1.165) is 40.1 Å². The fourth-order valence-electron chi connectivity index (χ4n) is 3.98. The Morgan fingerprint density at radius 1 is 1.11 bits per heavy atom. The predicted octanol–water partition coefficient (Wildman–Crippen LogP) is 6.19. The Morgan fingerprint density at radius 2 is 1.89 bits per heavy atom. The van der Waals surface area contributed by atoms with E-state index in [4.69, 9.17) is 14.5 Å². The molecule has 28 heavy (non-hydrogen) atoms. The molecule has 0 N–H and O–H groups in total. The van der Waals surface area contributed by atoms with Crippen LogP contribution in [0.25, 0.3) is 10.6 Å². The number of aryl methyl sites for hydroxylation is 2. The Balaban J connectivity index is 1.38. The molecule has 1 atom stereocenters. The third-order valence-corrected chi connectivity index (χ3v) is 6.71. The Morgan fingerprint density at radius 3 is 2.64 bits per heavy atom. The maximum absolute atomic E-state index is 6.05. The number of aromatic nitrogens is 1. The minimum Gasteiger partial charge on any atom is -0.497 e. The van der Waals surface area contributed by atoms with Gasteiger partial charge in [0.15, 0.2) is 0 Å². The van der Waals surface area contributed by atoms with E-state index in [1.54, 1.807) is 18.4 Å². The number of methoxy groups -OCH3 is 1. The summed E-state index contributed by atoms with van der Waals surface area (Å²) in [5.41, 5.74) is 5.25. The first-order valence-electron chi connectivity index (χ1n) is 10.0. The Kier molecular flexibility index (Phi) is 5.67. The van der Waals surface area contributed by atoms with Gasteiger partial charge in [0.25, 0.3) is 0 Å². The Bertz CT molecular complexity index is 946. The van der Waals surface area contributed by atoms with Crippen molar-refractivity contribution in [3.63, 3.8) is 0 Å². The maximum Gasteiger partial charge on any atom is 0.123 e. The molecule has 3 nitrogen and oxygen atoms in total. The summed E-state index contributed by atoms with van der Waals surface area (Å²) in [5, 5.41) is 1.05. The van der Waals surface area contributed by atoms with E-state index >= 15 is 0 Å². The smallest absolute Gasteiger partial charge is 0.123 e. The van der Waals surface area contributed by atoms with Gasteiger partial charge >= 0.3 is 0 Å². The maximum atomic E-state index is 6.05. The van der Waals surface area contributed by atoms with Gasteiger partial charge in [-0.15, -0.1) is 11.3 Å². The van der Waals surface area contributed by atoms with Crippen molar-refractivity contribution in [1.29, 1.82) is 0 Å². The van der Waals surface area contributed by atoms with Crippen LogP contribution in [0.1, 0.15) is 47.4 Å². The molecule has 2 aromatic carbocycles. The van der Waals surface area contributed by atoms with E-state index in [1.807, 2.05) is 12.1 Å². The lowest BCUT2D eigenvalue weighted by Crippen LogP contribution is -2.03. The zero-order chi connectivity index (χ0) is 19.5. The van der Waals surface area contributed by atoms with Crippen molar-refractivity contribution >= 4 is 11.3 Å². The average molecular weight is 394 g/mol. The molecule has 1 aromatic heterocycles. The minimum atomic E-state index is 0.655. The summed E-state index contributed by atoms with van der Waals surface area (Å²) in [7, 11) is 1.68.